The highest BCUT2D eigenvalue weighted by atomic mass is 35.5. The van der Waals surface area contributed by atoms with E-state index in [9.17, 15) is 0 Å². The summed E-state index contributed by atoms with van der Waals surface area (Å²) in [6, 6.07) is 4.04. The first-order valence-corrected chi connectivity index (χ1v) is 6.70. The zero-order valence-electron chi connectivity index (χ0n) is 8.89. The average Bonchev–Trinajstić information content (AvgIpc) is 2.48. The molecular formula is C12H14Cl2S. The van der Waals surface area contributed by atoms with Gasteiger partial charge in [-0.2, -0.15) is 0 Å². The van der Waals surface area contributed by atoms with Crippen molar-refractivity contribution in [1.82, 2.24) is 0 Å². The van der Waals surface area contributed by atoms with Gasteiger partial charge in [-0.25, -0.2) is 0 Å². The Bertz CT molecular complexity index is 390. The highest BCUT2D eigenvalue weighted by molar-refractivity contribution is 7.17. The lowest BCUT2D eigenvalue weighted by molar-refractivity contribution is 0.341. The van der Waals surface area contributed by atoms with E-state index < -0.39 is 0 Å². The van der Waals surface area contributed by atoms with Crippen molar-refractivity contribution in [3.63, 3.8) is 0 Å². The Morgan fingerprint density at radius 3 is 2.67 bits per heavy atom. The topological polar surface area (TPSA) is 0 Å². The van der Waals surface area contributed by atoms with Crippen LogP contribution in [0.1, 0.15) is 31.6 Å². The molecule has 0 aliphatic heterocycles. The molecule has 0 fully saturated rings. The number of halogens is 2. The van der Waals surface area contributed by atoms with E-state index in [1.54, 1.807) is 11.3 Å². The van der Waals surface area contributed by atoms with Crippen molar-refractivity contribution in [3.8, 4) is 0 Å². The van der Waals surface area contributed by atoms with Crippen molar-refractivity contribution >= 4 is 40.1 Å². The van der Waals surface area contributed by atoms with Gasteiger partial charge in [0.05, 0.1) is 9.71 Å². The maximum atomic E-state index is 6.25. The molecule has 0 amide bonds. The third-order valence-corrected chi connectivity index (χ3v) is 4.28. The minimum absolute atomic E-state index is 0.157. The Balaban J connectivity index is 2.29. The van der Waals surface area contributed by atoms with E-state index in [0.717, 1.165) is 17.2 Å². The minimum atomic E-state index is 0.157. The van der Waals surface area contributed by atoms with Gasteiger partial charge in [-0.1, -0.05) is 31.5 Å². The molecule has 0 saturated heterocycles. The molecule has 2 rings (SSSR count). The van der Waals surface area contributed by atoms with Gasteiger partial charge in [-0.3, -0.25) is 0 Å². The molecule has 15 heavy (non-hydrogen) atoms. The Hall–Kier alpha value is 0.0200. The summed E-state index contributed by atoms with van der Waals surface area (Å²) >= 11 is 13.8. The van der Waals surface area contributed by atoms with E-state index in [0.29, 0.717) is 5.41 Å². The van der Waals surface area contributed by atoms with Gasteiger partial charge in [0.1, 0.15) is 0 Å². The van der Waals surface area contributed by atoms with Gasteiger partial charge in [0.15, 0.2) is 0 Å². The van der Waals surface area contributed by atoms with Crippen LogP contribution in [0.15, 0.2) is 18.2 Å². The molecule has 0 N–H and O–H groups in total. The van der Waals surface area contributed by atoms with Crippen LogP contribution in [0.3, 0.4) is 0 Å². The van der Waals surface area contributed by atoms with Crippen molar-refractivity contribution in [2.75, 3.05) is 0 Å². The van der Waals surface area contributed by atoms with Gasteiger partial charge in [0, 0.05) is 4.88 Å². The van der Waals surface area contributed by atoms with Crippen molar-refractivity contribution in [1.29, 1.82) is 0 Å². The first-order valence-electron chi connectivity index (χ1n) is 5.07. The molecule has 0 bridgehead atoms. The van der Waals surface area contributed by atoms with Crippen LogP contribution in [0.5, 0.6) is 0 Å². The molecule has 0 spiro atoms. The Morgan fingerprint density at radius 2 is 2.13 bits per heavy atom. The smallest absolute Gasteiger partial charge is 0.0934 e. The number of thiophene rings is 1. The molecule has 82 valence electrons. The average molecular weight is 261 g/mol. The molecule has 3 heteroatoms. The van der Waals surface area contributed by atoms with E-state index in [2.05, 4.69) is 26.0 Å². The molecule has 1 heterocycles. The summed E-state index contributed by atoms with van der Waals surface area (Å²) in [5, 5.41) is 0.157. The van der Waals surface area contributed by atoms with Crippen LogP contribution in [0.2, 0.25) is 4.34 Å². The highest BCUT2D eigenvalue weighted by Crippen LogP contribution is 2.43. The van der Waals surface area contributed by atoms with Crippen LogP contribution in [-0.2, 0) is 0 Å². The number of allylic oxidation sites excluding steroid dienone is 2. The fourth-order valence-electron chi connectivity index (χ4n) is 2.11. The molecule has 0 aromatic carbocycles. The largest absolute Gasteiger partial charge is 0.124 e. The SMILES string of the molecule is CC1(C)CC(c2ccc(Cl)s2)=CC(Cl)C1. The zero-order chi connectivity index (χ0) is 11.1. The second kappa shape index (κ2) is 4.12. The summed E-state index contributed by atoms with van der Waals surface area (Å²) in [5.74, 6) is 0. The third-order valence-electron chi connectivity index (χ3n) is 2.69. The van der Waals surface area contributed by atoms with Gasteiger partial charge in [-0.15, -0.1) is 22.9 Å². The maximum Gasteiger partial charge on any atom is 0.0934 e. The van der Waals surface area contributed by atoms with Gasteiger partial charge in [0.2, 0.25) is 0 Å². The molecule has 1 aliphatic rings. The molecule has 1 aromatic rings. The first kappa shape index (κ1) is 11.5. The van der Waals surface area contributed by atoms with Crippen molar-refractivity contribution in [2.45, 2.75) is 32.1 Å². The summed E-state index contributed by atoms with van der Waals surface area (Å²) in [6.45, 7) is 4.54. The summed E-state index contributed by atoms with van der Waals surface area (Å²) in [5.41, 5.74) is 1.65. The van der Waals surface area contributed by atoms with Crippen LogP contribution in [0, 0.1) is 5.41 Å². The van der Waals surface area contributed by atoms with Crippen LogP contribution < -0.4 is 0 Å². The van der Waals surface area contributed by atoms with Crippen LogP contribution in [0.25, 0.3) is 5.57 Å². The second-order valence-electron chi connectivity index (χ2n) is 4.86. The van der Waals surface area contributed by atoms with Crippen molar-refractivity contribution in [3.05, 3.63) is 27.4 Å². The fourth-order valence-corrected chi connectivity index (χ4v) is 3.74. The second-order valence-corrected chi connectivity index (χ2v) is 7.13. The molecule has 1 atom stereocenters. The Morgan fingerprint density at radius 1 is 1.40 bits per heavy atom. The van der Waals surface area contributed by atoms with Gasteiger partial charge in [0.25, 0.3) is 0 Å². The van der Waals surface area contributed by atoms with Gasteiger partial charge < -0.3 is 0 Å². The normalized spacial score (nSPS) is 25.1. The minimum Gasteiger partial charge on any atom is -0.124 e. The molecule has 0 nitrogen and oxygen atoms in total. The summed E-state index contributed by atoms with van der Waals surface area (Å²) in [4.78, 5) is 1.26. The molecular weight excluding hydrogens is 247 g/mol. The molecule has 0 saturated carbocycles. The summed E-state index contributed by atoms with van der Waals surface area (Å²) in [6.07, 6.45) is 4.32. The molecule has 1 unspecified atom stereocenters. The maximum absolute atomic E-state index is 6.25. The fraction of sp³-hybridized carbons (Fsp3) is 0.500. The predicted octanol–water partition coefficient (Wildman–Crippen LogP) is 5.21. The van der Waals surface area contributed by atoms with Gasteiger partial charge in [-0.05, 0) is 36.0 Å². The molecule has 1 aromatic heterocycles. The first-order chi connectivity index (χ1) is 6.96. The van der Waals surface area contributed by atoms with E-state index in [1.807, 2.05) is 6.07 Å². The van der Waals surface area contributed by atoms with E-state index in [4.69, 9.17) is 23.2 Å². The number of rotatable bonds is 1. The monoisotopic (exact) mass is 260 g/mol. The predicted molar refractivity (Wildman–Crippen MR) is 70.0 cm³/mol. The lowest BCUT2D eigenvalue weighted by Crippen LogP contribution is -2.21. The quantitative estimate of drug-likeness (QED) is 0.608. The van der Waals surface area contributed by atoms with E-state index >= 15 is 0 Å². The zero-order valence-corrected chi connectivity index (χ0v) is 11.2. The third kappa shape index (κ3) is 2.77. The Kier molecular flexibility index (Phi) is 3.16. The van der Waals surface area contributed by atoms with Crippen molar-refractivity contribution in [2.24, 2.45) is 5.41 Å². The van der Waals surface area contributed by atoms with Crippen LogP contribution in [-0.4, -0.2) is 5.38 Å². The Labute approximate surface area is 105 Å². The highest BCUT2D eigenvalue weighted by Gasteiger charge is 2.28. The van der Waals surface area contributed by atoms with E-state index in [-0.39, 0.29) is 5.38 Å². The summed E-state index contributed by atoms with van der Waals surface area (Å²) < 4.78 is 0.848. The molecule has 0 radical (unpaired) electrons. The van der Waals surface area contributed by atoms with E-state index in [1.165, 1.54) is 10.5 Å². The number of hydrogen-bond donors (Lipinski definition) is 0. The number of alkyl halides is 1. The standard InChI is InChI=1S/C12H14Cl2S/c1-12(2)6-8(5-9(13)7-12)10-3-4-11(14)15-10/h3-5,9H,6-7H2,1-2H3. The lowest BCUT2D eigenvalue weighted by Gasteiger charge is -2.32. The summed E-state index contributed by atoms with van der Waals surface area (Å²) in [7, 11) is 0. The van der Waals surface area contributed by atoms with Crippen LogP contribution in [0.4, 0.5) is 0 Å². The molecule has 1 aliphatic carbocycles. The van der Waals surface area contributed by atoms with Gasteiger partial charge >= 0.3 is 0 Å². The van der Waals surface area contributed by atoms with Crippen molar-refractivity contribution < 1.29 is 0 Å². The number of hydrogen-bond acceptors (Lipinski definition) is 1. The van der Waals surface area contributed by atoms with Crippen LogP contribution >= 0.6 is 34.5 Å². The lowest BCUT2D eigenvalue weighted by atomic mass is 9.77.